The Morgan fingerprint density at radius 1 is 1.47 bits per heavy atom. The topological polar surface area (TPSA) is 55.7 Å². The Morgan fingerprint density at radius 3 is 2.71 bits per heavy atom. The van der Waals surface area contributed by atoms with Crippen LogP contribution in [0, 0.1) is 6.92 Å². The normalized spacial score (nSPS) is 15.6. The third kappa shape index (κ3) is 2.48. The van der Waals surface area contributed by atoms with Crippen molar-refractivity contribution >= 4 is 41.4 Å². The molecule has 0 saturated carbocycles. The molecule has 1 aliphatic rings. The summed E-state index contributed by atoms with van der Waals surface area (Å²) >= 11 is 3.36. The summed E-state index contributed by atoms with van der Waals surface area (Å²) in [4.78, 5) is 4.98. The van der Waals surface area contributed by atoms with Gasteiger partial charge in [0.1, 0.15) is 6.61 Å². The molecule has 0 bridgehead atoms. The molecule has 0 radical (unpaired) electrons. The van der Waals surface area contributed by atoms with Gasteiger partial charge < -0.3 is 4.84 Å². The van der Waals surface area contributed by atoms with Crippen molar-refractivity contribution in [2.45, 2.75) is 18.2 Å². The molecule has 1 aromatic rings. The van der Waals surface area contributed by atoms with E-state index in [9.17, 15) is 8.42 Å². The van der Waals surface area contributed by atoms with Gasteiger partial charge in [-0.2, -0.15) is 0 Å². The molecule has 17 heavy (non-hydrogen) atoms. The first-order valence-electron chi connectivity index (χ1n) is 4.84. The number of rotatable bonds is 2. The Hall–Kier alpha value is -0.590. The minimum absolute atomic E-state index is 0.0733. The molecule has 4 nitrogen and oxygen atoms in total. The van der Waals surface area contributed by atoms with Gasteiger partial charge in [0, 0.05) is 27.1 Å². The summed E-state index contributed by atoms with van der Waals surface area (Å²) in [5.41, 5.74) is 1.94. The van der Waals surface area contributed by atoms with Crippen molar-refractivity contribution in [3.63, 3.8) is 0 Å². The Balaban J connectivity index is 2.73. The molecule has 1 aromatic carbocycles. The van der Waals surface area contributed by atoms with Gasteiger partial charge in [-0.1, -0.05) is 21.1 Å². The van der Waals surface area contributed by atoms with Crippen LogP contribution in [0.3, 0.4) is 0 Å². The largest absolute Gasteiger partial charge is 0.395 e. The van der Waals surface area contributed by atoms with E-state index in [4.69, 9.17) is 15.5 Å². The zero-order valence-electron chi connectivity index (χ0n) is 8.91. The van der Waals surface area contributed by atoms with E-state index in [0.717, 1.165) is 10.0 Å². The zero-order valence-corrected chi connectivity index (χ0v) is 12.1. The molecule has 0 atom stereocenters. The van der Waals surface area contributed by atoms with E-state index in [-0.39, 0.29) is 4.90 Å². The van der Waals surface area contributed by atoms with Crippen molar-refractivity contribution in [2.75, 3.05) is 6.61 Å². The highest BCUT2D eigenvalue weighted by atomic mass is 79.9. The van der Waals surface area contributed by atoms with Crippen molar-refractivity contribution < 1.29 is 13.3 Å². The summed E-state index contributed by atoms with van der Waals surface area (Å²) in [6, 6.07) is 3.13. The van der Waals surface area contributed by atoms with Crippen molar-refractivity contribution in [2.24, 2.45) is 5.16 Å². The van der Waals surface area contributed by atoms with Crippen LogP contribution in [0.25, 0.3) is 0 Å². The van der Waals surface area contributed by atoms with Gasteiger partial charge in [-0.25, -0.2) is 8.42 Å². The van der Waals surface area contributed by atoms with Crippen molar-refractivity contribution in [1.82, 2.24) is 0 Å². The molecule has 0 fully saturated rings. The molecular formula is C10H9BrClNO3S. The summed E-state index contributed by atoms with van der Waals surface area (Å²) < 4.78 is 23.9. The Morgan fingerprint density at radius 2 is 2.18 bits per heavy atom. The standard InChI is InChI=1S/C10H9BrClNO3S/c1-6-7(11)2-3-9(17(12,14)15)10(6)8-4-5-16-13-8/h2-3H,4-5H2,1H3. The molecule has 0 saturated heterocycles. The number of benzene rings is 1. The third-order valence-corrected chi connectivity index (χ3v) is 4.74. The molecule has 0 N–H and O–H groups in total. The highest BCUT2D eigenvalue weighted by Gasteiger charge is 2.24. The van der Waals surface area contributed by atoms with Gasteiger partial charge in [-0.05, 0) is 24.6 Å². The molecule has 0 unspecified atom stereocenters. The third-order valence-electron chi connectivity index (χ3n) is 2.52. The fourth-order valence-corrected chi connectivity index (χ4v) is 3.17. The minimum atomic E-state index is -3.80. The van der Waals surface area contributed by atoms with Gasteiger partial charge in [-0.15, -0.1) is 0 Å². The summed E-state index contributed by atoms with van der Waals surface area (Å²) in [6.45, 7) is 2.27. The van der Waals surface area contributed by atoms with E-state index in [1.54, 1.807) is 6.07 Å². The monoisotopic (exact) mass is 337 g/mol. The van der Waals surface area contributed by atoms with Crippen LogP contribution < -0.4 is 0 Å². The van der Waals surface area contributed by atoms with Gasteiger partial charge in [0.05, 0.1) is 10.6 Å². The molecule has 0 spiro atoms. The molecule has 92 valence electrons. The smallest absolute Gasteiger partial charge is 0.261 e. The van der Waals surface area contributed by atoms with Crippen LogP contribution >= 0.6 is 26.6 Å². The molecule has 2 rings (SSSR count). The summed E-state index contributed by atoms with van der Waals surface area (Å²) in [5, 5.41) is 3.85. The van der Waals surface area contributed by atoms with Crippen LogP contribution in [0.4, 0.5) is 0 Å². The van der Waals surface area contributed by atoms with Crippen LogP contribution in [0.15, 0.2) is 26.7 Å². The molecular weight excluding hydrogens is 330 g/mol. The van der Waals surface area contributed by atoms with Crippen LogP contribution in [0.2, 0.25) is 0 Å². The van der Waals surface area contributed by atoms with E-state index in [1.807, 2.05) is 6.92 Å². The second-order valence-electron chi connectivity index (χ2n) is 3.60. The molecule has 0 aromatic heterocycles. The van der Waals surface area contributed by atoms with Crippen molar-refractivity contribution in [1.29, 1.82) is 0 Å². The van der Waals surface area contributed by atoms with Crippen molar-refractivity contribution in [3.05, 3.63) is 27.7 Å². The fourth-order valence-electron chi connectivity index (χ4n) is 1.71. The summed E-state index contributed by atoms with van der Waals surface area (Å²) in [7, 11) is 1.63. The molecule has 7 heteroatoms. The SMILES string of the molecule is Cc1c(Br)ccc(S(=O)(=O)Cl)c1C1=NOCC1. The quantitative estimate of drug-likeness (QED) is 0.779. The van der Waals surface area contributed by atoms with Crippen LogP contribution in [-0.2, 0) is 13.9 Å². The van der Waals surface area contributed by atoms with Crippen LogP contribution in [0.5, 0.6) is 0 Å². The predicted octanol–water partition coefficient (Wildman–Crippen LogP) is 2.81. The molecule has 0 amide bonds. The van der Waals surface area contributed by atoms with E-state index in [0.29, 0.717) is 24.3 Å². The number of oxime groups is 1. The van der Waals surface area contributed by atoms with E-state index >= 15 is 0 Å². The zero-order chi connectivity index (χ0) is 12.6. The highest BCUT2D eigenvalue weighted by Crippen LogP contribution is 2.30. The van der Waals surface area contributed by atoms with Crippen LogP contribution in [0.1, 0.15) is 17.5 Å². The summed E-state index contributed by atoms with van der Waals surface area (Å²) in [6.07, 6.45) is 0.580. The molecule has 0 aliphatic carbocycles. The van der Waals surface area contributed by atoms with Gasteiger partial charge in [0.25, 0.3) is 9.05 Å². The fraction of sp³-hybridized carbons (Fsp3) is 0.300. The lowest BCUT2D eigenvalue weighted by molar-refractivity contribution is 0.174. The maximum Gasteiger partial charge on any atom is 0.261 e. The first-order chi connectivity index (χ1) is 7.91. The van der Waals surface area contributed by atoms with Gasteiger partial charge in [-0.3, -0.25) is 0 Å². The number of hydrogen-bond acceptors (Lipinski definition) is 4. The first kappa shape index (κ1) is 12.9. The Labute approximate surface area is 112 Å². The number of halogens is 2. The highest BCUT2D eigenvalue weighted by molar-refractivity contribution is 9.10. The maximum atomic E-state index is 11.5. The van der Waals surface area contributed by atoms with Crippen LogP contribution in [-0.4, -0.2) is 20.7 Å². The summed E-state index contributed by atoms with van der Waals surface area (Å²) in [5.74, 6) is 0. The average molecular weight is 339 g/mol. The van der Waals surface area contributed by atoms with Crippen molar-refractivity contribution in [3.8, 4) is 0 Å². The molecule has 1 aliphatic heterocycles. The maximum absolute atomic E-state index is 11.5. The lowest BCUT2D eigenvalue weighted by Crippen LogP contribution is -2.08. The first-order valence-corrected chi connectivity index (χ1v) is 7.94. The Kier molecular flexibility index (Phi) is 3.47. The number of hydrogen-bond donors (Lipinski definition) is 0. The van der Waals surface area contributed by atoms with Gasteiger partial charge in [0.2, 0.25) is 0 Å². The van der Waals surface area contributed by atoms with E-state index in [1.165, 1.54) is 6.07 Å². The molecule has 1 heterocycles. The average Bonchev–Trinajstić information content (AvgIpc) is 2.73. The minimum Gasteiger partial charge on any atom is -0.395 e. The number of nitrogens with zero attached hydrogens (tertiary/aromatic N) is 1. The second-order valence-corrected chi connectivity index (χ2v) is 6.99. The van der Waals surface area contributed by atoms with E-state index in [2.05, 4.69) is 21.1 Å². The van der Waals surface area contributed by atoms with Gasteiger partial charge in [0.15, 0.2) is 0 Å². The lowest BCUT2D eigenvalue weighted by atomic mass is 10.0. The Bertz CT molecular complexity index is 598. The van der Waals surface area contributed by atoms with Gasteiger partial charge >= 0.3 is 0 Å². The predicted molar refractivity (Wildman–Crippen MR) is 69.0 cm³/mol. The second kappa shape index (κ2) is 4.59. The lowest BCUT2D eigenvalue weighted by Gasteiger charge is -2.10. The van der Waals surface area contributed by atoms with E-state index < -0.39 is 9.05 Å².